The molecule has 0 amide bonds. The third kappa shape index (κ3) is 4.66. The fourth-order valence-corrected chi connectivity index (χ4v) is 8.52. The predicted molar refractivity (Wildman–Crippen MR) is 216 cm³/mol. The zero-order valence-electron chi connectivity index (χ0n) is 28.7. The van der Waals surface area contributed by atoms with E-state index in [1.807, 2.05) is 0 Å². The van der Waals surface area contributed by atoms with E-state index in [0.717, 1.165) is 28.1 Å². The zero-order valence-corrected chi connectivity index (χ0v) is 28.7. The summed E-state index contributed by atoms with van der Waals surface area (Å²) >= 11 is 0. The fraction of sp³-hybridized carbons (Fsp3) is 0.0600. The largest absolute Gasteiger partial charge is 0.248 e. The Labute approximate surface area is 298 Å². The molecule has 0 spiro atoms. The molecule has 0 aliphatic heterocycles. The number of aromatic nitrogens is 1. The van der Waals surface area contributed by atoms with E-state index in [0.29, 0.717) is 0 Å². The molecule has 0 bridgehead atoms. The third-order valence-corrected chi connectivity index (χ3v) is 11.1. The highest BCUT2D eigenvalue weighted by Gasteiger charge is 2.35. The van der Waals surface area contributed by atoms with Crippen molar-refractivity contribution in [2.45, 2.75) is 19.3 Å². The monoisotopic (exact) mass is 649 g/mol. The van der Waals surface area contributed by atoms with E-state index in [4.69, 9.17) is 4.98 Å². The number of hydrogen-bond donors (Lipinski definition) is 0. The summed E-state index contributed by atoms with van der Waals surface area (Å²) in [4.78, 5) is 5.15. The standard InChI is InChI=1S/C50H35N/c1-50(2)45-23-12-11-20-40(45)44-29-35(25-27-46(44)50)37-21-13-22-41-38-18-9-10-19-39(38)43-28-34(24-26-42(43)49(37)41)36-30-47(32-14-5-3-6-15-32)51-48(31-36)33-16-7-4-8-17-33/h3-31H,1-2H3. The summed E-state index contributed by atoms with van der Waals surface area (Å²) in [5.41, 5.74) is 14.5. The molecule has 1 heterocycles. The molecule has 0 saturated heterocycles. The summed E-state index contributed by atoms with van der Waals surface area (Å²) in [7, 11) is 0. The van der Waals surface area contributed by atoms with Crippen molar-refractivity contribution >= 4 is 32.3 Å². The van der Waals surface area contributed by atoms with Crippen molar-refractivity contribution in [1.82, 2.24) is 4.98 Å². The van der Waals surface area contributed by atoms with Crippen molar-refractivity contribution in [3.8, 4) is 55.9 Å². The number of pyridine rings is 1. The number of hydrogen-bond acceptors (Lipinski definition) is 1. The molecule has 1 heteroatoms. The lowest BCUT2D eigenvalue weighted by molar-refractivity contribution is 0.660. The van der Waals surface area contributed by atoms with Crippen LogP contribution in [0.1, 0.15) is 25.0 Å². The fourth-order valence-electron chi connectivity index (χ4n) is 8.52. The van der Waals surface area contributed by atoms with E-state index >= 15 is 0 Å². The van der Waals surface area contributed by atoms with E-state index in [1.165, 1.54) is 71.3 Å². The summed E-state index contributed by atoms with van der Waals surface area (Å²) in [6, 6.07) is 64.3. The van der Waals surface area contributed by atoms with Gasteiger partial charge in [-0.25, -0.2) is 4.98 Å². The Kier molecular flexibility index (Phi) is 6.60. The Bertz CT molecular complexity index is 2750. The van der Waals surface area contributed by atoms with Crippen LogP contribution in [0.2, 0.25) is 0 Å². The first kappa shape index (κ1) is 29.6. The molecule has 9 aromatic rings. The van der Waals surface area contributed by atoms with Crippen LogP contribution in [0.5, 0.6) is 0 Å². The summed E-state index contributed by atoms with van der Waals surface area (Å²) < 4.78 is 0. The van der Waals surface area contributed by atoms with Crippen LogP contribution < -0.4 is 0 Å². The number of rotatable bonds is 4. The molecular formula is C50H35N. The van der Waals surface area contributed by atoms with Gasteiger partial charge in [-0.05, 0) is 101 Å². The van der Waals surface area contributed by atoms with Gasteiger partial charge >= 0.3 is 0 Å². The maximum Gasteiger partial charge on any atom is 0.0715 e. The predicted octanol–water partition coefficient (Wildman–Crippen LogP) is 13.5. The molecule has 10 rings (SSSR count). The molecule has 8 aromatic carbocycles. The lowest BCUT2D eigenvalue weighted by Gasteiger charge is -2.21. The second-order valence-corrected chi connectivity index (χ2v) is 14.3. The van der Waals surface area contributed by atoms with Crippen LogP contribution in [0.3, 0.4) is 0 Å². The van der Waals surface area contributed by atoms with Gasteiger partial charge in [-0.2, -0.15) is 0 Å². The molecule has 0 unspecified atom stereocenters. The van der Waals surface area contributed by atoms with Crippen molar-refractivity contribution in [3.63, 3.8) is 0 Å². The lowest BCUT2D eigenvalue weighted by atomic mass is 9.82. The minimum absolute atomic E-state index is 0.0176. The molecule has 0 fully saturated rings. The van der Waals surface area contributed by atoms with Gasteiger partial charge in [-0.15, -0.1) is 0 Å². The van der Waals surface area contributed by atoms with E-state index in [2.05, 4.69) is 190 Å². The minimum Gasteiger partial charge on any atom is -0.248 e. The molecule has 0 N–H and O–H groups in total. The third-order valence-electron chi connectivity index (χ3n) is 11.1. The summed E-state index contributed by atoms with van der Waals surface area (Å²) in [6.45, 7) is 4.70. The molecule has 0 radical (unpaired) electrons. The van der Waals surface area contributed by atoms with Crippen molar-refractivity contribution < 1.29 is 0 Å². The highest BCUT2D eigenvalue weighted by Crippen LogP contribution is 2.50. The van der Waals surface area contributed by atoms with Gasteiger partial charge in [0, 0.05) is 16.5 Å². The molecule has 1 aliphatic rings. The van der Waals surface area contributed by atoms with Gasteiger partial charge in [0.05, 0.1) is 11.4 Å². The molecular weight excluding hydrogens is 615 g/mol. The van der Waals surface area contributed by atoms with Crippen LogP contribution in [0, 0.1) is 0 Å². The maximum atomic E-state index is 5.15. The topological polar surface area (TPSA) is 12.9 Å². The molecule has 0 atom stereocenters. The van der Waals surface area contributed by atoms with Crippen LogP contribution in [-0.4, -0.2) is 4.98 Å². The summed E-state index contributed by atoms with van der Waals surface area (Å²) in [5.74, 6) is 0. The Morgan fingerprint density at radius 1 is 0.333 bits per heavy atom. The Hall–Kier alpha value is -6.31. The SMILES string of the molecule is CC1(C)c2ccccc2-c2cc(-c3cccc4c5ccccc5c5cc(-c6cc(-c7ccccc7)nc(-c7ccccc7)c6)ccc5c34)ccc21. The van der Waals surface area contributed by atoms with Crippen LogP contribution in [0.4, 0.5) is 0 Å². The Morgan fingerprint density at radius 3 is 1.61 bits per heavy atom. The normalized spacial score (nSPS) is 13.1. The van der Waals surface area contributed by atoms with Crippen molar-refractivity contribution in [3.05, 3.63) is 187 Å². The van der Waals surface area contributed by atoms with Crippen molar-refractivity contribution in [2.24, 2.45) is 0 Å². The highest BCUT2D eigenvalue weighted by molar-refractivity contribution is 6.28. The highest BCUT2D eigenvalue weighted by atomic mass is 14.7. The average Bonchev–Trinajstić information content (AvgIpc) is 3.43. The van der Waals surface area contributed by atoms with Gasteiger partial charge in [0.25, 0.3) is 0 Å². The first-order valence-electron chi connectivity index (χ1n) is 17.8. The van der Waals surface area contributed by atoms with Gasteiger partial charge in [-0.1, -0.05) is 166 Å². The number of benzene rings is 8. The van der Waals surface area contributed by atoms with Crippen LogP contribution in [0.15, 0.2) is 176 Å². The molecule has 240 valence electrons. The van der Waals surface area contributed by atoms with Crippen LogP contribution >= 0.6 is 0 Å². The molecule has 0 saturated carbocycles. The Morgan fingerprint density at radius 2 is 0.882 bits per heavy atom. The van der Waals surface area contributed by atoms with E-state index in [-0.39, 0.29) is 5.41 Å². The molecule has 1 aromatic heterocycles. The second-order valence-electron chi connectivity index (χ2n) is 14.3. The van der Waals surface area contributed by atoms with E-state index in [9.17, 15) is 0 Å². The average molecular weight is 650 g/mol. The quantitative estimate of drug-likeness (QED) is 0.173. The second kappa shape index (κ2) is 11.4. The molecule has 1 aliphatic carbocycles. The zero-order chi connectivity index (χ0) is 34.1. The van der Waals surface area contributed by atoms with Crippen LogP contribution in [0.25, 0.3) is 88.2 Å². The van der Waals surface area contributed by atoms with E-state index in [1.54, 1.807) is 0 Å². The number of nitrogens with zero attached hydrogens (tertiary/aromatic N) is 1. The minimum atomic E-state index is -0.0176. The van der Waals surface area contributed by atoms with Gasteiger partial charge in [0.15, 0.2) is 0 Å². The van der Waals surface area contributed by atoms with Crippen LogP contribution in [-0.2, 0) is 5.41 Å². The number of fused-ring (bicyclic) bond motifs is 9. The van der Waals surface area contributed by atoms with Gasteiger partial charge in [-0.3, -0.25) is 0 Å². The Balaban J connectivity index is 1.21. The first-order chi connectivity index (χ1) is 25.0. The smallest absolute Gasteiger partial charge is 0.0715 e. The summed E-state index contributed by atoms with van der Waals surface area (Å²) in [5, 5.41) is 7.65. The first-order valence-corrected chi connectivity index (χ1v) is 17.8. The van der Waals surface area contributed by atoms with Gasteiger partial charge < -0.3 is 0 Å². The maximum absolute atomic E-state index is 5.15. The molecule has 51 heavy (non-hydrogen) atoms. The van der Waals surface area contributed by atoms with E-state index < -0.39 is 0 Å². The van der Waals surface area contributed by atoms with Crippen molar-refractivity contribution in [1.29, 1.82) is 0 Å². The lowest BCUT2D eigenvalue weighted by Crippen LogP contribution is -2.14. The van der Waals surface area contributed by atoms with Gasteiger partial charge in [0.1, 0.15) is 0 Å². The molecule has 1 nitrogen and oxygen atoms in total. The summed E-state index contributed by atoms with van der Waals surface area (Å²) in [6.07, 6.45) is 0. The van der Waals surface area contributed by atoms with Gasteiger partial charge in [0.2, 0.25) is 0 Å². The van der Waals surface area contributed by atoms with Crippen molar-refractivity contribution in [2.75, 3.05) is 0 Å².